The second kappa shape index (κ2) is 9.87. The Morgan fingerprint density at radius 2 is 1.78 bits per heavy atom. The van der Waals surface area contributed by atoms with Gasteiger partial charge >= 0.3 is 0 Å². The van der Waals surface area contributed by atoms with Crippen molar-refractivity contribution in [3.63, 3.8) is 0 Å². The number of nitrogens with zero attached hydrogens (tertiary/aromatic N) is 5. The van der Waals surface area contributed by atoms with Crippen LogP contribution in [0.3, 0.4) is 0 Å². The van der Waals surface area contributed by atoms with Crippen LogP contribution in [0.4, 0.5) is 0 Å². The SMILES string of the molecule is CCCCc1nn(C(C)C)c(CO)c1Cc1ccc(-c2ccccc2-c2nnn[nH]2)cc1. The van der Waals surface area contributed by atoms with E-state index in [1.165, 1.54) is 5.56 Å². The Morgan fingerprint density at radius 3 is 2.41 bits per heavy atom. The predicted octanol–water partition coefficient (Wildman–Crippen LogP) is 4.74. The molecule has 4 aromatic rings. The molecule has 0 radical (unpaired) electrons. The van der Waals surface area contributed by atoms with Crippen molar-refractivity contribution in [1.29, 1.82) is 0 Å². The third-order valence-corrected chi connectivity index (χ3v) is 5.78. The Bertz CT molecular complexity index is 1150. The number of aromatic amines is 1. The summed E-state index contributed by atoms with van der Waals surface area (Å²) in [6.45, 7) is 6.41. The van der Waals surface area contributed by atoms with E-state index in [2.05, 4.69) is 71.7 Å². The van der Waals surface area contributed by atoms with E-state index in [9.17, 15) is 5.11 Å². The lowest BCUT2D eigenvalue weighted by atomic mass is 9.95. The molecule has 7 heteroatoms. The molecule has 0 unspecified atom stereocenters. The van der Waals surface area contributed by atoms with Gasteiger partial charge in [-0.1, -0.05) is 61.9 Å². The maximum atomic E-state index is 10.1. The molecule has 166 valence electrons. The van der Waals surface area contributed by atoms with Gasteiger partial charge in [-0.3, -0.25) is 4.68 Å². The highest BCUT2D eigenvalue weighted by Crippen LogP contribution is 2.30. The maximum absolute atomic E-state index is 10.1. The average Bonchev–Trinajstić information content (AvgIpc) is 3.47. The van der Waals surface area contributed by atoms with Gasteiger partial charge in [-0.25, -0.2) is 5.10 Å². The molecule has 0 spiro atoms. The number of H-pyrrole nitrogens is 1. The molecule has 7 nitrogen and oxygen atoms in total. The van der Waals surface area contributed by atoms with Crippen LogP contribution in [0.2, 0.25) is 0 Å². The van der Waals surface area contributed by atoms with Crippen LogP contribution in [-0.2, 0) is 19.4 Å². The molecule has 0 aliphatic rings. The highest BCUT2D eigenvalue weighted by molar-refractivity contribution is 5.80. The van der Waals surface area contributed by atoms with Crippen molar-refractivity contribution in [3.05, 3.63) is 71.0 Å². The summed E-state index contributed by atoms with van der Waals surface area (Å²) in [7, 11) is 0. The highest BCUT2D eigenvalue weighted by Gasteiger charge is 2.19. The Kier molecular flexibility index (Phi) is 6.75. The quantitative estimate of drug-likeness (QED) is 0.400. The summed E-state index contributed by atoms with van der Waals surface area (Å²) in [6, 6.07) is 16.9. The van der Waals surface area contributed by atoms with Crippen LogP contribution < -0.4 is 0 Å². The summed E-state index contributed by atoms with van der Waals surface area (Å²) in [5.41, 5.74) is 7.54. The first-order valence-corrected chi connectivity index (χ1v) is 11.2. The van der Waals surface area contributed by atoms with Gasteiger partial charge in [0, 0.05) is 23.6 Å². The number of unbranched alkanes of at least 4 members (excludes halogenated alkanes) is 1. The zero-order valence-corrected chi connectivity index (χ0v) is 18.9. The molecule has 2 aromatic heterocycles. The van der Waals surface area contributed by atoms with Crippen LogP contribution in [0.25, 0.3) is 22.5 Å². The Labute approximate surface area is 188 Å². The molecular formula is C25H30N6O. The molecule has 0 atom stereocenters. The molecule has 2 aromatic carbocycles. The second-order valence-corrected chi connectivity index (χ2v) is 8.34. The molecule has 0 aliphatic heterocycles. The molecule has 0 bridgehead atoms. The van der Waals surface area contributed by atoms with Crippen molar-refractivity contribution in [2.45, 2.75) is 59.1 Å². The summed E-state index contributed by atoms with van der Waals surface area (Å²) < 4.78 is 1.98. The van der Waals surface area contributed by atoms with E-state index in [1.807, 2.05) is 22.9 Å². The highest BCUT2D eigenvalue weighted by atomic mass is 16.3. The molecular weight excluding hydrogens is 400 g/mol. The van der Waals surface area contributed by atoms with Gasteiger partial charge in [-0.15, -0.1) is 5.10 Å². The molecule has 0 aliphatic carbocycles. The lowest BCUT2D eigenvalue weighted by Crippen LogP contribution is -2.08. The van der Waals surface area contributed by atoms with Crippen molar-refractivity contribution in [2.24, 2.45) is 0 Å². The molecule has 0 saturated carbocycles. The fourth-order valence-electron chi connectivity index (χ4n) is 4.12. The lowest BCUT2D eigenvalue weighted by molar-refractivity contribution is 0.263. The van der Waals surface area contributed by atoms with Gasteiger partial charge in [0.25, 0.3) is 0 Å². The van der Waals surface area contributed by atoms with Crippen LogP contribution in [0.1, 0.15) is 62.2 Å². The number of tetrazole rings is 1. The number of aromatic nitrogens is 6. The first-order chi connectivity index (χ1) is 15.6. The van der Waals surface area contributed by atoms with E-state index in [1.54, 1.807) is 0 Å². The van der Waals surface area contributed by atoms with Crippen molar-refractivity contribution in [1.82, 2.24) is 30.4 Å². The fraction of sp³-hybridized carbons (Fsp3) is 0.360. The number of hydrogen-bond donors (Lipinski definition) is 2. The second-order valence-electron chi connectivity index (χ2n) is 8.34. The monoisotopic (exact) mass is 430 g/mol. The van der Waals surface area contributed by atoms with Gasteiger partial charge in [0.05, 0.1) is 18.0 Å². The topological polar surface area (TPSA) is 92.5 Å². The standard InChI is InChI=1S/C25H30N6O/c1-4-5-10-23-22(24(16-32)31(28-23)17(2)3)15-18-11-13-19(14-12-18)20-8-6-7-9-21(20)25-26-29-30-27-25/h6-9,11-14,17,32H,4-5,10,15-16H2,1-3H3,(H,26,27,29,30). The van der Waals surface area contributed by atoms with E-state index in [0.717, 1.165) is 59.3 Å². The Balaban J connectivity index is 1.64. The fourth-order valence-corrected chi connectivity index (χ4v) is 4.12. The summed E-state index contributed by atoms with van der Waals surface area (Å²) >= 11 is 0. The zero-order valence-electron chi connectivity index (χ0n) is 18.9. The summed E-state index contributed by atoms with van der Waals surface area (Å²) in [5.74, 6) is 0.652. The molecule has 4 rings (SSSR count). The number of nitrogens with one attached hydrogen (secondary N) is 1. The van der Waals surface area contributed by atoms with Crippen molar-refractivity contribution >= 4 is 0 Å². The largest absolute Gasteiger partial charge is 0.390 e. The Morgan fingerprint density at radius 1 is 1.03 bits per heavy atom. The lowest BCUT2D eigenvalue weighted by Gasteiger charge is -2.11. The van der Waals surface area contributed by atoms with Gasteiger partial charge in [0.2, 0.25) is 0 Å². The van der Waals surface area contributed by atoms with Crippen LogP contribution >= 0.6 is 0 Å². The Hall–Kier alpha value is -3.32. The number of aliphatic hydroxyl groups excluding tert-OH is 1. The zero-order chi connectivity index (χ0) is 22.5. The summed E-state index contributed by atoms with van der Waals surface area (Å²) in [5, 5.41) is 29.3. The maximum Gasteiger partial charge on any atom is 0.180 e. The molecule has 2 heterocycles. The predicted molar refractivity (Wildman–Crippen MR) is 125 cm³/mol. The summed E-state index contributed by atoms with van der Waals surface area (Å²) in [6.07, 6.45) is 3.92. The van der Waals surface area contributed by atoms with Crippen molar-refractivity contribution in [3.8, 4) is 22.5 Å². The van der Waals surface area contributed by atoms with E-state index in [4.69, 9.17) is 5.10 Å². The van der Waals surface area contributed by atoms with Crippen molar-refractivity contribution < 1.29 is 5.11 Å². The van der Waals surface area contributed by atoms with E-state index in [0.29, 0.717) is 5.82 Å². The smallest absolute Gasteiger partial charge is 0.180 e. The van der Waals surface area contributed by atoms with Gasteiger partial charge in [-0.05, 0) is 53.8 Å². The number of benzene rings is 2. The first kappa shape index (κ1) is 21.9. The van der Waals surface area contributed by atoms with Crippen LogP contribution in [0.5, 0.6) is 0 Å². The normalized spacial score (nSPS) is 11.4. The minimum Gasteiger partial charge on any atom is -0.390 e. The molecule has 0 amide bonds. The molecule has 0 fully saturated rings. The molecule has 32 heavy (non-hydrogen) atoms. The minimum atomic E-state index is 0.00329. The number of rotatable bonds is 9. The number of hydrogen-bond acceptors (Lipinski definition) is 5. The third-order valence-electron chi connectivity index (χ3n) is 5.78. The molecule has 0 saturated heterocycles. The van der Waals surface area contributed by atoms with E-state index in [-0.39, 0.29) is 12.6 Å². The average molecular weight is 431 g/mol. The van der Waals surface area contributed by atoms with Crippen LogP contribution in [0.15, 0.2) is 48.5 Å². The van der Waals surface area contributed by atoms with Crippen LogP contribution in [0, 0.1) is 0 Å². The first-order valence-electron chi connectivity index (χ1n) is 11.2. The summed E-state index contributed by atoms with van der Waals surface area (Å²) in [4.78, 5) is 0. The number of aliphatic hydroxyl groups is 1. The third kappa shape index (κ3) is 4.48. The van der Waals surface area contributed by atoms with Crippen LogP contribution in [-0.4, -0.2) is 35.5 Å². The van der Waals surface area contributed by atoms with E-state index < -0.39 is 0 Å². The van der Waals surface area contributed by atoms with E-state index >= 15 is 0 Å². The van der Waals surface area contributed by atoms with Gasteiger partial charge in [0.15, 0.2) is 5.82 Å². The van der Waals surface area contributed by atoms with Crippen molar-refractivity contribution in [2.75, 3.05) is 0 Å². The van der Waals surface area contributed by atoms with Gasteiger partial charge in [0.1, 0.15) is 0 Å². The minimum absolute atomic E-state index is 0.00329. The number of aryl methyl sites for hydroxylation is 1. The van der Waals surface area contributed by atoms with Gasteiger partial charge in [-0.2, -0.15) is 5.10 Å². The molecule has 2 N–H and O–H groups in total. The van der Waals surface area contributed by atoms with Gasteiger partial charge < -0.3 is 5.11 Å².